The van der Waals surface area contributed by atoms with Crippen LogP contribution in [0.5, 0.6) is 0 Å². The fourth-order valence-corrected chi connectivity index (χ4v) is 3.00. The molecular formula is C17H18N2O3S. The average Bonchev–Trinajstić information content (AvgIpc) is 2.44. The average molecular weight is 330 g/mol. The number of carbonyl (C=O) groups is 1. The highest BCUT2D eigenvalue weighted by atomic mass is 32.2. The standard InChI is InChI=1S/C17H18N2O3S/c1-11-5-7-15(8-6-11)23(21,22)19-14(4)18-16-9-13(3)17(20)10-12(16)2/h5-10H,1-4H3. The lowest BCUT2D eigenvalue weighted by Gasteiger charge is -2.09. The second-order valence-corrected chi connectivity index (χ2v) is 7.05. The fourth-order valence-electron chi connectivity index (χ4n) is 2.03. The Hall–Kier alpha value is -2.34. The van der Waals surface area contributed by atoms with Crippen molar-refractivity contribution in [1.29, 1.82) is 0 Å². The minimum atomic E-state index is -3.80. The Morgan fingerprint density at radius 2 is 1.57 bits per heavy atom. The topological polar surface area (TPSA) is 75.9 Å². The Balaban J connectivity index is 2.36. The van der Waals surface area contributed by atoms with Crippen LogP contribution in [0.2, 0.25) is 0 Å². The zero-order valence-corrected chi connectivity index (χ0v) is 14.3. The van der Waals surface area contributed by atoms with E-state index in [1.807, 2.05) is 6.92 Å². The molecule has 1 aromatic carbocycles. The highest BCUT2D eigenvalue weighted by molar-refractivity contribution is 7.90. The van der Waals surface area contributed by atoms with Crippen molar-refractivity contribution in [2.45, 2.75) is 32.6 Å². The van der Waals surface area contributed by atoms with Gasteiger partial charge in [0.25, 0.3) is 10.0 Å². The van der Waals surface area contributed by atoms with Crippen LogP contribution in [0.4, 0.5) is 0 Å². The Morgan fingerprint density at radius 3 is 2.17 bits per heavy atom. The number of ketones is 1. The third-order valence-electron chi connectivity index (χ3n) is 3.35. The second kappa shape index (κ2) is 6.42. The summed E-state index contributed by atoms with van der Waals surface area (Å²) < 4.78 is 28.2. The number of sulfonamides is 1. The molecule has 6 heteroatoms. The maximum Gasteiger partial charge on any atom is 0.283 e. The van der Waals surface area contributed by atoms with E-state index < -0.39 is 10.0 Å². The monoisotopic (exact) mass is 330 g/mol. The summed E-state index contributed by atoms with van der Waals surface area (Å²) in [5.41, 5.74) is 2.76. The second-order valence-electron chi connectivity index (χ2n) is 5.44. The van der Waals surface area contributed by atoms with Crippen molar-refractivity contribution in [2.24, 2.45) is 9.39 Å². The van der Waals surface area contributed by atoms with Gasteiger partial charge in [0.1, 0.15) is 5.84 Å². The number of carbonyl (C=O) groups excluding carboxylic acids is 1. The minimum absolute atomic E-state index is 0.0664. The first kappa shape index (κ1) is 17.0. The van der Waals surface area contributed by atoms with E-state index in [2.05, 4.69) is 9.39 Å². The molecule has 0 bridgehead atoms. The fraction of sp³-hybridized carbons (Fsp3) is 0.235. The summed E-state index contributed by atoms with van der Waals surface area (Å²) in [6.45, 7) is 6.84. The summed E-state index contributed by atoms with van der Waals surface area (Å²) in [5.74, 6) is 0.0510. The molecule has 1 aliphatic carbocycles. The molecule has 0 spiro atoms. The van der Waals surface area contributed by atoms with Gasteiger partial charge in [0.05, 0.1) is 10.6 Å². The van der Waals surface area contributed by atoms with Crippen LogP contribution in [0.1, 0.15) is 26.3 Å². The highest BCUT2D eigenvalue weighted by Crippen LogP contribution is 2.15. The largest absolute Gasteiger partial charge is 0.290 e. The van der Waals surface area contributed by atoms with E-state index in [1.165, 1.54) is 25.1 Å². The molecule has 5 nitrogen and oxygen atoms in total. The molecule has 0 amide bonds. The SMILES string of the molecule is CC1=CC(=NC(C)=NS(=O)(=O)c2ccc(C)cc2)C(C)=CC1=O. The molecular weight excluding hydrogens is 312 g/mol. The smallest absolute Gasteiger partial charge is 0.283 e. The molecule has 0 unspecified atom stereocenters. The maximum atomic E-state index is 12.3. The summed E-state index contributed by atoms with van der Waals surface area (Å²) in [4.78, 5) is 15.9. The zero-order chi connectivity index (χ0) is 17.2. The van der Waals surface area contributed by atoms with Gasteiger partial charge in [0.2, 0.25) is 0 Å². The molecule has 1 aliphatic rings. The predicted octanol–water partition coefficient (Wildman–Crippen LogP) is 3.02. The van der Waals surface area contributed by atoms with Crippen molar-refractivity contribution in [2.75, 3.05) is 0 Å². The molecule has 1 aromatic rings. The van der Waals surface area contributed by atoms with Crippen LogP contribution < -0.4 is 0 Å². The van der Waals surface area contributed by atoms with Gasteiger partial charge in [0.15, 0.2) is 5.78 Å². The summed E-state index contributed by atoms with van der Waals surface area (Å²) >= 11 is 0. The number of aryl methyl sites for hydroxylation is 1. The lowest BCUT2D eigenvalue weighted by molar-refractivity contribution is -0.111. The number of nitrogens with zero attached hydrogens (tertiary/aromatic N) is 2. The summed E-state index contributed by atoms with van der Waals surface area (Å²) in [6, 6.07) is 6.47. The van der Waals surface area contributed by atoms with E-state index in [4.69, 9.17) is 0 Å². The van der Waals surface area contributed by atoms with Gasteiger partial charge in [0, 0.05) is 0 Å². The summed E-state index contributed by atoms with van der Waals surface area (Å²) in [6.07, 6.45) is 3.12. The van der Waals surface area contributed by atoms with Crippen LogP contribution in [0.15, 0.2) is 61.8 Å². The molecule has 0 fully saturated rings. The van der Waals surface area contributed by atoms with Crippen LogP contribution in [-0.4, -0.2) is 25.7 Å². The zero-order valence-electron chi connectivity index (χ0n) is 13.5. The molecule has 0 aromatic heterocycles. The van der Waals surface area contributed by atoms with Gasteiger partial charge in [-0.2, -0.15) is 8.42 Å². The Morgan fingerprint density at radius 1 is 0.957 bits per heavy atom. The van der Waals surface area contributed by atoms with Crippen LogP contribution in [0, 0.1) is 6.92 Å². The molecule has 23 heavy (non-hydrogen) atoms. The van der Waals surface area contributed by atoms with Gasteiger partial charge >= 0.3 is 0 Å². The van der Waals surface area contributed by atoms with Gasteiger partial charge in [-0.05, 0) is 63.1 Å². The van der Waals surface area contributed by atoms with E-state index in [0.717, 1.165) is 5.56 Å². The third kappa shape index (κ3) is 4.10. The number of aliphatic imine (C=N–C) groups is 1. The number of benzene rings is 1. The van der Waals surface area contributed by atoms with E-state index in [9.17, 15) is 13.2 Å². The Labute approximate surface area is 136 Å². The van der Waals surface area contributed by atoms with Crippen molar-refractivity contribution >= 4 is 27.4 Å². The first-order valence-electron chi connectivity index (χ1n) is 7.07. The summed E-state index contributed by atoms with van der Waals surface area (Å²) in [5, 5.41) is 0. The number of hydrogen-bond donors (Lipinski definition) is 0. The lowest BCUT2D eigenvalue weighted by atomic mass is 9.99. The van der Waals surface area contributed by atoms with Gasteiger partial charge in [-0.3, -0.25) is 4.79 Å². The Bertz CT molecular complexity index is 871. The van der Waals surface area contributed by atoms with Gasteiger partial charge in [-0.1, -0.05) is 17.7 Å². The first-order chi connectivity index (χ1) is 10.7. The van der Waals surface area contributed by atoms with Crippen molar-refractivity contribution < 1.29 is 13.2 Å². The van der Waals surface area contributed by atoms with Crippen LogP contribution in [0.3, 0.4) is 0 Å². The van der Waals surface area contributed by atoms with E-state index in [-0.39, 0.29) is 16.5 Å². The molecule has 0 saturated heterocycles. The minimum Gasteiger partial charge on any atom is -0.290 e. The molecule has 120 valence electrons. The summed E-state index contributed by atoms with van der Waals surface area (Å²) in [7, 11) is -3.80. The quantitative estimate of drug-likeness (QED) is 0.475. The van der Waals surface area contributed by atoms with Gasteiger partial charge in [-0.15, -0.1) is 4.40 Å². The molecule has 2 rings (SSSR count). The number of amidine groups is 1. The third-order valence-corrected chi connectivity index (χ3v) is 4.72. The highest BCUT2D eigenvalue weighted by Gasteiger charge is 2.15. The lowest BCUT2D eigenvalue weighted by Crippen LogP contribution is -2.11. The molecule has 0 radical (unpaired) electrons. The molecule has 0 atom stereocenters. The van der Waals surface area contributed by atoms with Gasteiger partial charge < -0.3 is 0 Å². The Kier molecular flexibility index (Phi) is 4.75. The van der Waals surface area contributed by atoms with Crippen molar-refractivity contribution in [3.8, 4) is 0 Å². The maximum absolute atomic E-state index is 12.3. The van der Waals surface area contributed by atoms with Crippen molar-refractivity contribution in [3.05, 3.63) is 53.1 Å². The first-order valence-corrected chi connectivity index (χ1v) is 8.51. The van der Waals surface area contributed by atoms with Crippen molar-refractivity contribution in [3.63, 3.8) is 0 Å². The predicted molar refractivity (Wildman–Crippen MR) is 91.4 cm³/mol. The van der Waals surface area contributed by atoms with E-state index >= 15 is 0 Å². The molecule has 0 saturated carbocycles. The number of hydrogen-bond acceptors (Lipinski definition) is 3. The number of allylic oxidation sites excluding steroid dienone is 4. The molecule has 0 heterocycles. The van der Waals surface area contributed by atoms with Crippen LogP contribution in [-0.2, 0) is 14.8 Å². The van der Waals surface area contributed by atoms with E-state index in [0.29, 0.717) is 16.9 Å². The van der Waals surface area contributed by atoms with E-state index in [1.54, 1.807) is 32.1 Å². The van der Waals surface area contributed by atoms with Crippen molar-refractivity contribution in [1.82, 2.24) is 0 Å². The molecule has 0 aliphatic heterocycles. The van der Waals surface area contributed by atoms with Crippen LogP contribution >= 0.6 is 0 Å². The molecule has 0 N–H and O–H groups in total. The normalized spacial score (nSPS) is 18.0. The van der Waals surface area contributed by atoms with Gasteiger partial charge in [-0.25, -0.2) is 4.99 Å². The van der Waals surface area contributed by atoms with Crippen LogP contribution in [0.25, 0.3) is 0 Å². The number of rotatable bonds is 2.